The van der Waals surface area contributed by atoms with Crippen molar-refractivity contribution in [2.75, 3.05) is 0 Å². The molecule has 0 aliphatic heterocycles. The zero-order valence-corrected chi connectivity index (χ0v) is 8.00. The van der Waals surface area contributed by atoms with Crippen LogP contribution in [0.2, 0.25) is 0 Å². The molecule has 0 aromatic heterocycles. The molecule has 13 heavy (non-hydrogen) atoms. The molecule has 5 heteroatoms. The van der Waals surface area contributed by atoms with Crippen LogP contribution in [0.3, 0.4) is 0 Å². The number of rotatable bonds is 2. The Hall–Kier alpha value is -0.910. The fraction of sp³-hybridized carbons (Fsp3) is 0.250. The van der Waals surface area contributed by atoms with Crippen LogP contribution >= 0.6 is 0 Å². The van der Waals surface area contributed by atoms with E-state index in [1.54, 1.807) is 12.1 Å². The normalized spacial score (nSPS) is 10.6. The lowest BCUT2D eigenvalue weighted by atomic mass is 10.2. The molecular weight excluding hydrogens is 192 g/mol. The maximum atomic E-state index is 10.6. The van der Waals surface area contributed by atoms with E-state index in [9.17, 15) is 8.42 Å². The highest BCUT2D eigenvalue weighted by Crippen LogP contribution is 2.09. The summed E-state index contributed by atoms with van der Waals surface area (Å²) in [7, 11) is -4.03. The standard InChI is InChI=1S/C8H10O3S.H2O/c1-2-7-3-5-8(6-4-7)12(9,10)11;/h3-6H,2H2,1H3,(H,9,10,11);1H2. The fourth-order valence-electron chi connectivity index (χ4n) is 0.897. The zero-order chi connectivity index (χ0) is 9.19. The maximum absolute atomic E-state index is 10.6. The summed E-state index contributed by atoms with van der Waals surface area (Å²) in [5, 5.41) is 0. The molecule has 0 fully saturated rings. The summed E-state index contributed by atoms with van der Waals surface area (Å²) in [6.07, 6.45) is 0.853. The summed E-state index contributed by atoms with van der Waals surface area (Å²) in [6, 6.07) is 6.16. The molecule has 0 bridgehead atoms. The summed E-state index contributed by atoms with van der Waals surface area (Å²) in [4.78, 5) is -0.0558. The SMILES string of the molecule is CCc1ccc(S(=O)(=O)O)cc1.O. The van der Waals surface area contributed by atoms with Crippen molar-refractivity contribution in [1.29, 1.82) is 0 Å². The molecule has 0 aliphatic carbocycles. The Labute approximate surface area is 77.3 Å². The third kappa shape index (κ3) is 3.14. The van der Waals surface area contributed by atoms with Crippen LogP contribution < -0.4 is 0 Å². The second kappa shape index (κ2) is 4.36. The molecule has 0 spiro atoms. The van der Waals surface area contributed by atoms with Crippen LogP contribution in [0.1, 0.15) is 12.5 Å². The van der Waals surface area contributed by atoms with Gasteiger partial charge in [-0.2, -0.15) is 8.42 Å². The van der Waals surface area contributed by atoms with E-state index in [0.29, 0.717) is 0 Å². The van der Waals surface area contributed by atoms with Crippen molar-refractivity contribution in [3.05, 3.63) is 29.8 Å². The first-order chi connectivity index (χ1) is 5.54. The summed E-state index contributed by atoms with van der Waals surface area (Å²) in [5.41, 5.74) is 1.04. The maximum Gasteiger partial charge on any atom is 0.294 e. The Kier molecular flexibility index (Phi) is 4.06. The van der Waals surface area contributed by atoms with Crippen molar-refractivity contribution in [2.45, 2.75) is 18.2 Å². The molecule has 0 heterocycles. The fourth-order valence-corrected chi connectivity index (χ4v) is 1.38. The number of hydrogen-bond acceptors (Lipinski definition) is 2. The van der Waals surface area contributed by atoms with Crippen molar-refractivity contribution in [3.8, 4) is 0 Å². The third-order valence-corrected chi connectivity index (χ3v) is 2.50. The van der Waals surface area contributed by atoms with Crippen LogP contribution in [0.25, 0.3) is 0 Å². The first kappa shape index (κ1) is 12.1. The highest BCUT2D eigenvalue weighted by atomic mass is 32.2. The summed E-state index contributed by atoms with van der Waals surface area (Å²) < 4.78 is 29.8. The lowest BCUT2D eigenvalue weighted by Crippen LogP contribution is -1.97. The molecule has 0 unspecified atom stereocenters. The van der Waals surface area contributed by atoms with Gasteiger partial charge in [0.1, 0.15) is 0 Å². The molecule has 3 N–H and O–H groups in total. The third-order valence-electron chi connectivity index (χ3n) is 1.63. The first-order valence-corrected chi connectivity index (χ1v) is 5.04. The molecule has 1 aromatic carbocycles. The molecule has 4 nitrogen and oxygen atoms in total. The molecule has 0 saturated heterocycles. The van der Waals surface area contributed by atoms with Crippen LogP contribution in [-0.4, -0.2) is 18.4 Å². The van der Waals surface area contributed by atoms with E-state index >= 15 is 0 Å². The molecule has 1 aromatic rings. The largest absolute Gasteiger partial charge is 0.412 e. The minimum Gasteiger partial charge on any atom is -0.412 e. The smallest absolute Gasteiger partial charge is 0.294 e. The van der Waals surface area contributed by atoms with E-state index in [4.69, 9.17) is 4.55 Å². The van der Waals surface area contributed by atoms with E-state index in [1.165, 1.54) is 12.1 Å². The van der Waals surface area contributed by atoms with Crippen LogP contribution in [-0.2, 0) is 16.5 Å². The minimum absolute atomic E-state index is 0. The van der Waals surface area contributed by atoms with Crippen LogP contribution in [0.5, 0.6) is 0 Å². The van der Waals surface area contributed by atoms with Crippen molar-refractivity contribution >= 4 is 10.1 Å². The van der Waals surface area contributed by atoms with Crippen LogP contribution in [0.4, 0.5) is 0 Å². The topological polar surface area (TPSA) is 85.9 Å². The predicted octanol–water partition coefficient (Wildman–Crippen LogP) is 0.671. The van der Waals surface area contributed by atoms with Gasteiger partial charge in [0.15, 0.2) is 0 Å². The van der Waals surface area contributed by atoms with E-state index in [0.717, 1.165) is 12.0 Å². The number of hydrogen-bond donors (Lipinski definition) is 1. The Bertz CT molecular complexity index is 352. The summed E-state index contributed by atoms with van der Waals surface area (Å²) in [6.45, 7) is 1.97. The second-order valence-electron chi connectivity index (χ2n) is 2.47. The second-order valence-corrected chi connectivity index (χ2v) is 3.89. The predicted molar refractivity (Wildman–Crippen MR) is 49.2 cm³/mol. The molecule has 74 valence electrons. The van der Waals surface area contributed by atoms with E-state index < -0.39 is 10.1 Å². The van der Waals surface area contributed by atoms with Crippen LogP contribution in [0, 0.1) is 0 Å². The quantitative estimate of drug-likeness (QED) is 0.718. The Morgan fingerprint density at radius 1 is 1.23 bits per heavy atom. The van der Waals surface area contributed by atoms with E-state index in [2.05, 4.69) is 0 Å². The van der Waals surface area contributed by atoms with Gasteiger partial charge in [-0.3, -0.25) is 4.55 Å². The van der Waals surface area contributed by atoms with Crippen molar-refractivity contribution in [1.82, 2.24) is 0 Å². The van der Waals surface area contributed by atoms with Crippen molar-refractivity contribution in [3.63, 3.8) is 0 Å². The lowest BCUT2D eigenvalue weighted by Gasteiger charge is -1.97. The number of benzene rings is 1. The average molecular weight is 204 g/mol. The Morgan fingerprint density at radius 2 is 1.69 bits per heavy atom. The number of aryl methyl sites for hydroxylation is 1. The Morgan fingerprint density at radius 3 is 2.00 bits per heavy atom. The minimum atomic E-state index is -4.03. The van der Waals surface area contributed by atoms with Gasteiger partial charge in [-0.05, 0) is 24.1 Å². The molecule has 0 radical (unpaired) electrons. The molecule has 0 aliphatic rings. The van der Waals surface area contributed by atoms with Gasteiger partial charge in [0, 0.05) is 0 Å². The molecule has 0 amide bonds. The van der Waals surface area contributed by atoms with Gasteiger partial charge < -0.3 is 5.48 Å². The molecular formula is C8H12O4S. The summed E-state index contributed by atoms with van der Waals surface area (Å²) in [5.74, 6) is 0. The Balaban J connectivity index is 0.00000144. The van der Waals surface area contributed by atoms with Gasteiger partial charge in [-0.25, -0.2) is 0 Å². The van der Waals surface area contributed by atoms with Gasteiger partial charge in [0.25, 0.3) is 10.1 Å². The van der Waals surface area contributed by atoms with E-state index in [1.807, 2.05) is 6.92 Å². The van der Waals surface area contributed by atoms with Crippen molar-refractivity contribution in [2.24, 2.45) is 0 Å². The van der Waals surface area contributed by atoms with Crippen LogP contribution in [0.15, 0.2) is 29.2 Å². The monoisotopic (exact) mass is 204 g/mol. The van der Waals surface area contributed by atoms with Gasteiger partial charge in [0.05, 0.1) is 4.90 Å². The van der Waals surface area contributed by atoms with Crippen molar-refractivity contribution < 1.29 is 18.4 Å². The summed E-state index contributed by atoms with van der Waals surface area (Å²) >= 11 is 0. The molecule has 1 rings (SSSR count). The van der Waals surface area contributed by atoms with Gasteiger partial charge in [-0.15, -0.1) is 0 Å². The molecule has 0 saturated carbocycles. The molecule has 0 atom stereocenters. The van der Waals surface area contributed by atoms with Gasteiger partial charge in [-0.1, -0.05) is 19.1 Å². The van der Waals surface area contributed by atoms with E-state index in [-0.39, 0.29) is 10.4 Å². The zero-order valence-electron chi connectivity index (χ0n) is 7.19. The average Bonchev–Trinajstić information content (AvgIpc) is 2.03. The highest BCUT2D eigenvalue weighted by molar-refractivity contribution is 7.85. The van der Waals surface area contributed by atoms with Gasteiger partial charge >= 0.3 is 0 Å². The highest BCUT2D eigenvalue weighted by Gasteiger charge is 2.07. The van der Waals surface area contributed by atoms with Gasteiger partial charge in [0.2, 0.25) is 0 Å². The first-order valence-electron chi connectivity index (χ1n) is 3.60. The lowest BCUT2D eigenvalue weighted by molar-refractivity contribution is 0.483.